The smallest absolute Gasteiger partial charge is 0.230 e. The quantitative estimate of drug-likeness (QED) is 0.894. The molecular weight excluding hydrogens is 272 g/mol. The minimum atomic E-state index is -0.401. The number of aryl methyl sites for hydroxylation is 1. The lowest BCUT2D eigenvalue weighted by Crippen LogP contribution is -2.44. The van der Waals surface area contributed by atoms with Crippen molar-refractivity contribution < 1.29 is 4.79 Å². The van der Waals surface area contributed by atoms with Gasteiger partial charge in [0.1, 0.15) is 0 Å². The van der Waals surface area contributed by atoms with Gasteiger partial charge in [0.05, 0.1) is 10.7 Å². The molecule has 1 aromatic carbocycles. The molecule has 20 heavy (non-hydrogen) atoms. The molecule has 0 saturated carbocycles. The van der Waals surface area contributed by atoms with Crippen molar-refractivity contribution in [2.75, 3.05) is 18.4 Å². The van der Waals surface area contributed by atoms with Crippen LogP contribution in [0.15, 0.2) is 18.2 Å². The third-order valence-corrected chi connectivity index (χ3v) is 4.59. The molecule has 1 aromatic rings. The maximum Gasteiger partial charge on any atom is 0.230 e. The van der Waals surface area contributed by atoms with E-state index < -0.39 is 5.41 Å². The van der Waals surface area contributed by atoms with Crippen molar-refractivity contribution in [3.63, 3.8) is 0 Å². The number of benzene rings is 1. The summed E-state index contributed by atoms with van der Waals surface area (Å²) in [6.07, 6.45) is 2.22. The van der Waals surface area contributed by atoms with E-state index in [1.807, 2.05) is 39.0 Å². The van der Waals surface area contributed by atoms with Crippen molar-refractivity contribution in [1.29, 1.82) is 0 Å². The Morgan fingerprint density at radius 3 is 2.80 bits per heavy atom. The molecule has 2 N–H and O–H groups in total. The van der Waals surface area contributed by atoms with Gasteiger partial charge in [0.2, 0.25) is 5.91 Å². The van der Waals surface area contributed by atoms with Crippen molar-refractivity contribution in [3.8, 4) is 0 Å². The summed E-state index contributed by atoms with van der Waals surface area (Å²) in [4.78, 5) is 12.6. The second-order valence-corrected chi connectivity index (χ2v) is 6.61. The number of anilines is 1. The van der Waals surface area contributed by atoms with E-state index in [9.17, 15) is 4.79 Å². The number of amides is 1. The number of nitrogens with one attached hydrogen (secondary N) is 2. The van der Waals surface area contributed by atoms with E-state index in [2.05, 4.69) is 10.6 Å². The topological polar surface area (TPSA) is 41.1 Å². The number of carbonyl (C=O) groups excluding carboxylic acids is 1. The summed E-state index contributed by atoms with van der Waals surface area (Å²) in [5.74, 6) is 0.400. The van der Waals surface area contributed by atoms with Crippen LogP contribution in [0.4, 0.5) is 5.69 Å². The van der Waals surface area contributed by atoms with E-state index in [0.29, 0.717) is 16.6 Å². The van der Waals surface area contributed by atoms with Crippen molar-refractivity contribution in [3.05, 3.63) is 28.8 Å². The molecule has 4 heteroatoms. The van der Waals surface area contributed by atoms with Gasteiger partial charge >= 0.3 is 0 Å². The molecule has 0 bridgehead atoms. The third-order valence-electron chi connectivity index (χ3n) is 4.28. The van der Waals surface area contributed by atoms with E-state index in [1.54, 1.807) is 0 Å². The highest BCUT2D eigenvalue weighted by Crippen LogP contribution is 2.34. The van der Waals surface area contributed by atoms with E-state index in [-0.39, 0.29) is 5.91 Å². The Bertz CT molecular complexity index is 493. The Morgan fingerprint density at radius 2 is 2.20 bits per heavy atom. The van der Waals surface area contributed by atoms with Crippen LogP contribution in [0.3, 0.4) is 0 Å². The molecule has 110 valence electrons. The van der Waals surface area contributed by atoms with Gasteiger partial charge in [-0.25, -0.2) is 0 Å². The largest absolute Gasteiger partial charge is 0.324 e. The van der Waals surface area contributed by atoms with Crippen LogP contribution < -0.4 is 10.6 Å². The van der Waals surface area contributed by atoms with Crippen LogP contribution >= 0.6 is 11.6 Å². The molecule has 1 atom stereocenters. The summed E-state index contributed by atoms with van der Waals surface area (Å²) in [6.45, 7) is 7.97. The van der Waals surface area contributed by atoms with Gasteiger partial charge in [-0.1, -0.05) is 31.5 Å². The second-order valence-electron chi connectivity index (χ2n) is 6.20. The average Bonchev–Trinajstić information content (AvgIpc) is 2.42. The Kier molecular flexibility index (Phi) is 4.71. The fourth-order valence-electron chi connectivity index (χ4n) is 2.66. The zero-order valence-corrected chi connectivity index (χ0v) is 13.2. The van der Waals surface area contributed by atoms with Gasteiger partial charge in [-0.3, -0.25) is 4.79 Å². The van der Waals surface area contributed by atoms with Crippen LogP contribution in [0.1, 0.15) is 32.3 Å². The predicted molar refractivity (Wildman–Crippen MR) is 84.2 cm³/mol. The number of piperidine rings is 1. The van der Waals surface area contributed by atoms with Crippen LogP contribution in [0, 0.1) is 18.3 Å². The molecule has 1 aliphatic heterocycles. The van der Waals surface area contributed by atoms with Gasteiger partial charge in [0.15, 0.2) is 0 Å². The first-order valence-electron chi connectivity index (χ1n) is 7.19. The summed E-state index contributed by atoms with van der Waals surface area (Å²) in [6, 6.07) is 5.69. The number of rotatable bonds is 3. The first-order chi connectivity index (χ1) is 9.41. The molecule has 2 rings (SSSR count). The van der Waals surface area contributed by atoms with Crippen molar-refractivity contribution in [1.82, 2.24) is 5.32 Å². The highest BCUT2D eigenvalue weighted by molar-refractivity contribution is 6.33. The minimum Gasteiger partial charge on any atom is -0.324 e. The molecule has 1 fully saturated rings. The molecule has 1 saturated heterocycles. The monoisotopic (exact) mass is 294 g/mol. The SMILES string of the molecule is Cc1ccc(NC(=O)C(C)(C)C2CCCNC2)c(Cl)c1. The molecule has 1 amide bonds. The molecule has 0 radical (unpaired) electrons. The summed E-state index contributed by atoms with van der Waals surface area (Å²) >= 11 is 6.18. The second kappa shape index (κ2) is 6.15. The maximum atomic E-state index is 12.6. The van der Waals surface area contributed by atoms with Crippen LogP contribution in [-0.4, -0.2) is 19.0 Å². The maximum absolute atomic E-state index is 12.6. The highest BCUT2D eigenvalue weighted by atomic mass is 35.5. The van der Waals surface area contributed by atoms with Crippen molar-refractivity contribution in [2.45, 2.75) is 33.6 Å². The van der Waals surface area contributed by atoms with Crippen LogP contribution in [0.25, 0.3) is 0 Å². The molecule has 3 nitrogen and oxygen atoms in total. The van der Waals surface area contributed by atoms with Gasteiger partial charge in [-0.15, -0.1) is 0 Å². The summed E-state index contributed by atoms with van der Waals surface area (Å²) in [5, 5.41) is 6.94. The first-order valence-corrected chi connectivity index (χ1v) is 7.57. The number of halogens is 1. The van der Waals surface area contributed by atoms with Crippen LogP contribution in [-0.2, 0) is 4.79 Å². The van der Waals surface area contributed by atoms with Gasteiger partial charge < -0.3 is 10.6 Å². The first kappa shape index (κ1) is 15.3. The molecule has 0 spiro atoms. The summed E-state index contributed by atoms with van der Waals surface area (Å²) < 4.78 is 0. The van der Waals surface area contributed by atoms with Gasteiger partial charge in [0.25, 0.3) is 0 Å². The lowest BCUT2D eigenvalue weighted by Gasteiger charge is -2.36. The number of hydrogen-bond acceptors (Lipinski definition) is 2. The van der Waals surface area contributed by atoms with Crippen molar-refractivity contribution in [2.24, 2.45) is 11.3 Å². The average molecular weight is 295 g/mol. The number of carbonyl (C=O) groups is 1. The summed E-state index contributed by atoms with van der Waals surface area (Å²) in [5.41, 5.74) is 1.38. The molecule has 0 aliphatic carbocycles. The van der Waals surface area contributed by atoms with E-state index in [0.717, 1.165) is 31.5 Å². The molecule has 1 unspecified atom stereocenters. The predicted octanol–water partition coefficient (Wildman–Crippen LogP) is 3.61. The van der Waals surface area contributed by atoms with Gasteiger partial charge in [0, 0.05) is 5.41 Å². The van der Waals surface area contributed by atoms with Crippen LogP contribution in [0.2, 0.25) is 5.02 Å². The van der Waals surface area contributed by atoms with Gasteiger partial charge in [-0.2, -0.15) is 0 Å². The molecule has 1 aliphatic rings. The Labute approximate surface area is 126 Å². The zero-order valence-electron chi connectivity index (χ0n) is 12.4. The normalized spacial score (nSPS) is 19.7. The van der Waals surface area contributed by atoms with Crippen LogP contribution in [0.5, 0.6) is 0 Å². The fraction of sp³-hybridized carbons (Fsp3) is 0.562. The zero-order chi connectivity index (χ0) is 14.8. The minimum absolute atomic E-state index is 0.0388. The third kappa shape index (κ3) is 3.33. The van der Waals surface area contributed by atoms with Gasteiger partial charge in [-0.05, 0) is 56.5 Å². The van der Waals surface area contributed by atoms with E-state index in [1.165, 1.54) is 0 Å². The number of hydrogen-bond donors (Lipinski definition) is 2. The Balaban J connectivity index is 2.09. The van der Waals surface area contributed by atoms with E-state index in [4.69, 9.17) is 11.6 Å². The molecule has 0 aromatic heterocycles. The van der Waals surface area contributed by atoms with E-state index >= 15 is 0 Å². The fourth-order valence-corrected chi connectivity index (χ4v) is 2.94. The van der Waals surface area contributed by atoms with Crippen molar-refractivity contribution >= 4 is 23.2 Å². The highest BCUT2D eigenvalue weighted by Gasteiger charge is 2.37. The lowest BCUT2D eigenvalue weighted by atomic mass is 9.74. The molecular formula is C16H23ClN2O. The Hall–Kier alpha value is -1.06. The Morgan fingerprint density at radius 1 is 1.45 bits per heavy atom. The molecule has 1 heterocycles. The lowest BCUT2D eigenvalue weighted by molar-refractivity contribution is -0.127. The summed E-state index contributed by atoms with van der Waals surface area (Å²) in [7, 11) is 0. The standard InChI is InChI=1S/C16H23ClN2O/c1-11-6-7-14(13(17)9-11)19-15(20)16(2,3)12-5-4-8-18-10-12/h6-7,9,12,18H,4-5,8,10H2,1-3H3,(H,19,20).